The van der Waals surface area contributed by atoms with Gasteiger partial charge in [0.1, 0.15) is 10.7 Å². The first-order valence-electron chi connectivity index (χ1n) is 11.0. The SMILES string of the molecule is O=C(NCc1ccccn1)c1csc(CN(Cc2cccc(Cl)c2)Cc2cccc(C(F)(F)F)c2)n1. The average molecular weight is 531 g/mol. The van der Waals surface area contributed by atoms with E-state index >= 15 is 0 Å². The summed E-state index contributed by atoms with van der Waals surface area (Å²) >= 11 is 7.45. The number of rotatable bonds is 9. The molecule has 10 heteroatoms. The minimum absolute atomic E-state index is 0.261. The van der Waals surface area contributed by atoms with Crippen LogP contribution in [0.1, 0.15) is 37.9 Å². The van der Waals surface area contributed by atoms with Crippen molar-refractivity contribution in [3.63, 3.8) is 0 Å². The highest BCUT2D eigenvalue weighted by atomic mass is 35.5. The van der Waals surface area contributed by atoms with Crippen LogP contribution in [-0.2, 0) is 32.4 Å². The molecule has 5 nitrogen and oxygen atoms in total. The number of pyridine rings is 1. The first kappa shape index (κ1) is 25.8. The number of nitrogens with one attached hydrogen (secondary N) is 1. The lowest BCUT2D eigenvalue weighted by Crippen LogP contribution is -2.24. The number of hydrogen-bond acceptors (Lipinski definition) is 5. The molecule has 2 aromatic heterocycles. The van der Waals surface area contributed by atoms with Gasteiger partial charge >= 0.3 is 6.18 Å². The van der Waals surface area contributed by atoms with Crippen LogP contribution in [0.15, 0.2) is 78.3 Å². The smallest absolute Gasteiger partial charge is 0.345 e. The molecule has 1 N–H and O–H groups in total. The van der Waals surface area contributed by atoms with Crippen molar-refractivity contribution in [2.45, 2.75) is 32.4 Å². The first-order valence-corrected chi connectivity index (χ1v) is 12.3. The van der Waals surface area contributed by atoms with Crippen molar-refractivity contribution in [1.82, 2.24) is 20.2 Å². The number of benzene rings is 2. The van der Waals surface area contributed by atoms with Crippen LogP contribution in [0, 0.1) is 0 Å². The van der Waals surface area contributed by atoms with E-state index in [-0.39, 0.29) is 24.7 Å². The van der Waals surface area contributed by atoms with Crippen molar-refractivity contribution in [3.05, 3.63) is 116 Å². The lowest BCUT2D eigenvalue weighted by Gasteiger charge is -2.22. The minimum Gasteiger partial charge on any atom is -0.345 e. The first-order chi connectivity index (χ1) is 17.3. The summed E-state index contributed by atoms with van der Waals surface area (Å²) in [6.45, 7) is 1.33. The van der Waals surface area contributed by atoms with E-state index in [0.29, 0.717) is 28.7 Å². The van der Waals surface area contributed by atoms with Crippen molar-refractivity contribution in [1.29, 1.82) is 0 Å². The van der Waals surface area contributed by atoms with Crippen LogP contribution in [0.4, 0.5) is 13.2 Å². The lowest BCUT2D eigenvalue weighted by atomic mass is 10.1. The zero-order valence-electron chi connectivity index (χ0n) is 19.0. The van der Waals surface area contributed by atoms with E-state index in [0.717, 1.165) is 23.4 Å². The van der Waals surface area contributed by atoms with Gasteiger partial charge in [0.2, 0.25) is 0 Å². The third-order valence-electron chi connectivity index (χ3n) is 5.26. The Morgan fingerprint density at radius 1 is 0.972 bits per heavy atom. The molecule has 0 fully saturated rings. The van der Waals surface area contributed by atoms with Gasteiger partial charge in [-0.05, 0) is 41.5 Å². The Morgan fingerprint density at radius 3 is 2.42 bits per heavy atom. The molecule has 4 aromatic rings. The second kappa shape index (κ2) is 11.6. The molecule has 0 unspecified atom stereocenters. The van der Waals surface area contributed by atoms with Gasteiger partial charge < -0.3 is 5.32 Å². The van der Waals surface area contributed by atoms with Crippen molar-refractivity contribution in [2.75, 3.05) is 0 Å². The third-order valence-corrected chi connectivity index (χ3v) is 6.32. The average Bonchev–Trinajstić information content (AvgIpc) is 3.31. The summed E-state index contributed by atoms with van der Waals surface area (Å²) in [5.41, 5.74) is 1.77. The fourth-order valence-electron chi connectivity index (χ4n) is 3.61. The number of halogens is 4. The largest absolute Gasteiger partial charge is 0.416 e. The molecular weight excluding hydrogens is 509 g/mol. The Bertz CT molecular complexity index is 1310. The minimum atomic E-state index is -4.42. The van der Waals surface area contributed by atoms with E-state index in [1.807, 2.05) is 35.2 Å². The number of carbonyl (C=O) groups excluding carboxylic acids is 1. The van der Waals surface area contributed by atoms with Gasteiger partial charge in [-0.2, -0.15) is 13.2 Å². The molecule has 1 amide bonds. The summed E-state index contributed by atoms with van der Waals surface area (Å²) in [6, 6.07) is 18.1. The maximum Gasteiger partial charge on any atom is 0.416 e. The van der Waals surface area contributed by atoms with Crippen LogP contribution in [-0.4, -0.2) is 20.8 Å². The molecular formula is C26H22ClF3N4OS. The number of thiazole rings is 1. The van der Waals surface area contributed by atoms with Gasteiger partial charge in [0.15, 0.2) is 0 Å². The Kier molecular flexibility index (Phi) is 8.35. The molecule has 0 aliphatic carbocycles. The Balaban J connectivity index is 1.48. The quantitative estimate of drug-likeness (QED) is 0.274. The van der Waals surface area contributed by atoms with E-state index in [1.54, 1.807) is 29.8 Å². The number of carbonyl (C=O) groups is 1. The van der Waals surface area contributed by atoms with Gasteiger partial charge in [0.25, 0.3) is 5.91 Å². The van der Waals surface area contributed by atoms with Crippen LogP contribution in [0.5, 0.6) is 0 Å². The van der Waals surface area contributed by atoms with Crippen molar-refractivity contribution >= 4 is 28.8 Å². The molecule has 0 radical (unpaired) electrons. The fourth-order valence-corrected chi connectivity index (χ4v) is 4.64. The van der Waals surface area contributed by atoms with Gasteiger partial charge in [-0.25, -0.2) is 4.98 Å². The molecule has 0 saturated carbocycles. The van der Waals surface area contributed by atoms with Gasteiger partial charge in [-0.1, -0.05) is 48.0 Å². The highest BCUT2D eigenvalue weighted by molar-refractivity contribution is 7.09. The maximum absolute atomic E-state index is 13.2. The van der Waals surface area contributed by atoms with Gasteiger partial charge in [0.05, 0.1) is 24.3 Å². The predicted molar refractivity (Wildman–Crippen MR) is 133 cm³/mol. The van der Waals surface area contributed by atoms with E-state index in [4.69, 9.17) is 11.6 Å². The summed E-state index contributed by atoms with van der Waals surface area (Å²) < 4.78 is 39.6. The Labute approximate surface area is 215 Å². The van der Waals surface area contributed by atoms with Gasteiger partial charge in [-0.15, -0.1) is 11.3 Å². The molecule has 4 rings (SSSR count). The predicted octanol–water partition coefficient (Wildman–Crippen LogP) is 6.34. The van der Waals surface area contributed by atoms with E-state index in [9.17, 15) is 18.0 Å². The molecule has 0 spiro atoms. The number of amides is 1. The summed E-state index contributed by atoms with van der Waals surface area (Å²) in [5, 5.41) is 5.72. The number of hydrogen-bond donors (Lipinski definition) is 1. The molecule has 36 heavy (non-hydrogen) atoms. The zero-order chi connectivity index (χ0) is 25.5. The second-order valence-corrected chi connectivity index (χ2v) is 9.48. The van der Waals surface area contributed by atoms with E-state index < -0.39 is 11.7 Å². The summed E-state index contributed by atoms with van der Waals surface area (Å²) in [4.78, 5) is 23.1. The standard InChI is InChI=1S/C26H22ClF3N4OS/c27-21-8-4-6-19(12-21)15-34(14-18-5-3-7-20(11-18)26(28,29)30)16-24-33-23(17-36-24)25(35)32-13-22-9-1-2-10-31-22/h1-12,17H,13-16H2,(H,32,35). The molecule has 186 valence electrons. The molecule has 0 saturated heterocycles. The molecule has 0 aliphatic rings. The van der Waals surface area contributed by atoms with Crippen molar-refractivity contribution in [3.8, 4) is 0 Å². The number of alkyl halides is 3. The Hall–Kier alpha value is -3.27. The Morgan fingerprint density at radius 2 is 1.72 bits per heavy atom. The number of nitrogens with zero attached hydrogens (tertiary/aromatic N) is 3. The van der Waals surface area contributed by atoms with Crippen molar-refractivity contribution < 1.29 is 18.0 Å². The molecule has 2 heterocycles. The highest BCUT2D eigenvalue weighted by Gasteiger charge is 2.30. The van der Waals surface area contributed by atoms with Crippen LogP contribution in [0.25, 0.3) is 0 Å². The zero-order valence-corrected chi connectivity index (χ0v) is 20.6. The summed E-state index contributed by atoms with van der Waals surface area (Å²) in [5.74, 6) is -0.317. The summed E-state index contributed by atoms with van der Waals surface area (Å²) in [6.07, 6.45) is -2.76. The summed E-state index contributed by atoms with van der Waals surface area (Å²) in [7, 11) is 0. The molecule has 2 aromatic carbocycles. The number of aromatic nitrogens is 2. The third kappa shape index (κ3) is 7.36. The van der Waals surface area contributed by atoms with Gasteiger partial charge in [-0.3, -0.25) is 14.7 Å². The highest BCUT2D eigenvalue weighted by Crippen LogP contribution is 2.30. The van der Waals surface area contributed by atoms with E-state index in [1.165, 1.54) is 17.4 Å². The fraction of sp³-hybridized carbons (Fsp3) is 0.192. The topological polar surface area (TPSA) is 58.1 Å². The normalized spacial score (nSPS) is 11.6. The maximum atomic E-state index is 13.2. The second-order valence-electron chi connectivity index (χ2n) is 8.10. The van der Waals surface area contributed by atoms with E-state index in [2.05, 4.69) is 15.3 Å². The monoisotopic (exact) mass is 530 g/mol. The van der Waals surface area contributed by atoms with Crippen LogP contribution >= 0.6 is 22.9 Å². The van der Waals surface area contributed by atoms with Crippen LogP contribution < -0.4 is 5.32 Å². The van der Waals surface area contributed by atoms with Crippen LogP contribution in [0.3, 0.4) is 0 Å². The lowest BCUT2D eigenvalue weighted by molar-refractivity contribution is -0.137. The van der Waals surface area contributed by atoms with Gasteiger partial charge in [0, 0.05) is 29.7 Å². The molecule has 0 atom stereocenters. The molecule has 0 bridgehead atoms. The molecule has 0 aliphatic heterocycles. The van der Waals surface area contributed by atoms with Crippen molar-refractivity contribution in [2.24, 2.45) is 0 Å². The van der Waals surface area contributed by atoms with Crippen LogP contribution in [0.2, 0.25) is 5.02 Å².